The Morgan fingerprint density at radius 3 is 3.00 bits per heavy atom. The largest absolute Gasteiger partial charge is 0.338 e. The van der Waals surface area contributed by atoms with Gasteiger partial charge < -0.3 is 10.2 Å². The number of nitrogens with one attached hydrogen (secondary N) is 1. The number of amides is 2. The van der Waals surface area contributed by atoms with Gasteiger partial charge in [-0.05, 0) is 61.1 Å². The van der Waals surface area contributed by atoms with E-state index < -0.39 is 0 Å². The highest BCUT2D eigenvalue weighted by atomic mass is 32.1. The number of rotatable bonds is 5. The van der Waals surface area contributed by atoms with Crippen LogP contribution in [0, 0.1) is 19.8 Å². The molecule has 130 valence electrons. The van der Waals surface area contributed by atoms with E-state index in [4.69, 9.17) is 0 Å². The van der Waals surface area contributed by atoms with Gasteiger partial charge in [-0.1, -0.05) is 6.92 Å². The summed E-state index contributed by atoms with van der Waals surface area (Å²) in [5.74, 6) is 0.342. The van der Waals surface area contributed by atoms with Gasteiger partial charge in [-0.3, -0.25) is 4.68 Å². The lowest BCUT2D eigenvalue weighted by molar-refractivity contribution is 0.191. The van der Waals surface area contributed by atoms with Crippen molar-refractivity contribution in [1.29, 1.82) is 0 Å². The van der Waals surface area contributed by atoms with Gasteiger partial charge in [-0.15, -0.1) is 0 Å². The van der Waals surface area contributed by atoms with Crippen molar-refractivity contribution in [2.24, 2.45) is 5.92 Å². The minimum absolute atomic E-state index is 0.0592. The second kappa shape index (κ2) is 7.38. The van der Waals surface area contributed by atoms with Gasteiger partial charge in [0.1, 0.15) is 0 Å². The molecule has 1 aliphatic rings. The number of carbonyl (C=O) groups is 1. The topological polar surface area (TPSA) is 50.2 Å². The van der Waals surface area contributed by atoms with E-state index in [2.05, 4.69) is 47.2 Å². The molecule has 5 nitrogen and oxygen atoms in total. The smallest absolute Gasteiger partial charge is 0.317 e. The number of aromatic nitrogens is 2. The number of hydrogen-bond donors (Lipinski definition) is 1. The van der Waals surface area contributed by atoms with Crippen LogP contribution in [0.4, 0.5) is 4.79 Å². The van der Waals surface area contributed by atoms with Gasteiger partial charge in [0.05, 0.1) is 11.7 Å². The molecule has 1 aliphatic heterocycles. The van der Waals surface area contributed by atoms with Gasteiger partial charge in [-0.25, -0.2) is 4.79 Å². The molecule has 1 saturated heterocycles. The molecular weight excluding hydrogens is 320 g/mol. The summed E-state index contributed by atoms with van der Waals surface area (Å²) < 4.78 is 2.02. The van der Waals surface area contributed by atoms with Crippen molar-refractivity contribution >= 4 is 17.4 Å². The van der Waals surface area contributed by atoms with Crippen LogP contribution in [-0.4, -0.2) is 33.8 Å². The lowest BCUT2D eigenvalue weighted by Gasteiger charge is -2.25. The second-order valence-corrected chi connectivity index (χ2v) is 7.59. The monoisotopic (exact) mass is 346 g/mol. The van der Waals surface area contributed by atoms with Gasteiger partial charge in [0.2, 0.25) is 0 Å². The molecular formula is C18H26N4OS. The summed E-state index contributed by atoms with van der Waals surface area (Å²) >= 11 is 1.69. The number of likely N-dealkylation sites (tertiary alicyclic amines) is 1. The molecule has 24 heavy (non-hydrogen) atoms. The van der Waals surface area contributed by atoms with Crippen molar-refractivity contribution in [3.63, 3.8) is 0 Å². The van der Waals surface area contributed by atoms with E-state index in [-0.39, 0.29) is 12.1 Å². The van der Waals surface area contributed by atoms with Crippen molar-refractivity contribution in [1.82, 2.24) is 20.0 Å². The third-order valence-corrected chi connectivity index (χ3v) is 5.33. The molecule has 3 rings (SSSR count). The molecule has 0 saturated carbocycles. The molecule has 2 aromatic heterocycles. The van der Waals surface area contributed by atoms with Gasteiger partial charge in [0.25, 0.3) is 0 Å². The van der Waals surface area contributed by atoms with Gasteiger partial charge in [-0.2, -0.15) is 16.4 Å². The van der Waals surface area contributed by atoms with Crippen molar-refractivity contribution < 1.29 is 4.79 Å². The zero-order valence-corrected chi connectivity index (χ0v) is 15.5. The molecule has 1 N–H and O–H groups in total. The quantitative estimate of drug-likeness (QED) is 0.896. The standard InChI is InChI=1S/C18H26N4OS/c1-13(11-22-15(3)9-14(2)20-22)10-19-18(23)21-7-4-5-17(21)16-6-8-24-12-16/h6,8-9,12-13,17H,4-5,7,10-11H2,1-3H3,(H,19,23)/t13-,17-/m1/s1. The minimum atomic E-state index is 0.0592. The van der Waals surface area contributed by atoms with Crippen LogP contribution in [0.15, 0.2) is 22.9 Å². The van der Waals surface area contributed by atoms with E-state index >= 15 is 0 Å². The Kier molecular flexibility index (Phi) is 5.23. The third-order valence-electron chi connectivity index (χ3n) is 4.63. The Bertz CT molecular complexity index is 679. The van der Waals surface area contributed by atoms with E-state index in [1.54, 1.807) is 11.3 Å². The summed E-state index contributed by atoms with van der Waals surface area (Å²) in [6.07, 6.45) is 2.14. The highest BCUT2D eigenvalue weighted by molar-refractivity contribution is 7.07. The highest BCUT2D eigenvalue weighted by Gasteiger charge is 2.30. The van der Waals surface area contributed by atoms with Gasteiger partial charge >= 0.3 is 6.03 Å². The molecule has 0 bridgehead atoms. The van der Waals surface area contributed by atoms with Crippen LogP contribution in [0.5, 0.6) is 0 Å². The number of urea groups is 1. The molecule has 2 atom stereocenters. The number of nitrogens with zero attached hydrogens (tertiary/aromatic N) is 3. The zero-order valence-electron chi connectivity index (χ0n) is 14.7. The van der Waals surface area contributed by atoms with Gasteiger partial charge in [0.15, 0.2) is 0 Å². The first kappa shape index (κ1) is 17.0. The van der Waals surface area contributed by atoms with Crippen LogP contribution in [0.1, 0.15) is 42.8 Å². The summed E-state index contributed by atoms with van der Waals surface area (Å²) in [5.41, 5.74) is 3.48. The Balaban J connectivity index is 1.52. The van der Waals surface area contributed by atoms with Gasteiger partial charge in [0, 0.05) is 25.3 Å². The number of carbonyl (C=O) groups excluding carboxylic acids is 1. The fourth-order valence-corrected chi connectivity index (χ4v) is 4.11. The predicted octanol–water partition coefficient (Wildman–Crippen LogP) is 3.74. The van der Waals surface area contributed by atoms with Crippen LogP contribution in [0.2, 0.25) is 0 Å². The third kappa shape index (κ3) is 3.80. The molecule has 2 amide bonds. The van der Waals surface area contributed by atoms with Crippen molar-refractivity contribution in [3.8, 4) is 0 Å². The molecule has 2 aromatic rings. The van der Waals surface area contributed by atoms with Crippen LogP contribution in [0.3, 0.4) is 0 Å². The predicted molar refractivity (Wildman–Crippen MR) is 97.3 cm³/mol. The lowest BCUT2D eigenvalue weighted by atomic mass is 10.1. The van der Waals surface area contributed by atoms with E-state index in [0.29, 0.717) is 12.5 Å². The van der Waals surface area contributed by atoms with E-state index in [9.17, 15) is 4.79 Å². The fraction of sp³-hybridized carbons (Fsp3) is 0.556. The normalized spacial score (nSPS) is 18.8. The lowest BCUT2D eigenvalue weighted by Crippen LogP contribution is -2.41. The van der Waals surface area contributed by atoms with Crippen LogP contribution < -0.4 is 5.32 Å². The van der Waals surface area contributed by atoms with E-state index in [0.717, 1.165) is 31.6 Å². The molecule has 3 heterocycles. The first-order valence-electron chi connectivity index (χ1n) is 8.62. The molecule has 0 unspecified atom stereocenters. The maximum absolute atomic E-state index is 12.6. The Labute approximate surface area is 147 Å². The maximum Gasteiger partial charge on any atom is 0.317 e. The summed E-state index contributed by atoms with van der Waals surface area (Å²) in [6, 6.07) is 4.51. The Hall–Kier alpha value is -1.82. The summed E-state index contributed by atoms with van der Waals surface area (Å²) in [4.78, 5) is 14.6. The maximum atomic E-state index is 12.6. The van der Waals surface area contributed by atoms with Crippen LogP contribution >= 0.6 is 11.3 Å². The minimum Gasteiger partial charge on any atom is -0.338 e. The molecule has 0 aromatic carbocycles. The van der Waals surface area contributed by atoms with E-state index in [1.165, 1.54) is 11.3 Å². The summed E-state index contributed by atoms with van der Waals surface area (Å²) in [5, 5.41) is 11.8. The molecule has 1 fully saturated rings. The zero-order chi connectivity index (χ0) is 17.1. The van der Waals surface area contributed by atoms with Crippen molar-refractivity contribution in [3.05, 3.63) is 39.8 Å². The number of hydrogen-bond acceptors (Lipinski definition) is 3. The highest BCUT2D eigenvalue weighted by Crippen LogP contribution is 2.32. The second-order valence-electron chi connectivity index (χ2n) is 6.81. The Morgan fingerprint density at radius 1 is 1.50 bits per heavy atom. The summed E-state index contributed by atoms with van der Waals surface area (Å²) in [7, 11) is 0. The molecule has 0 spiro atoms. The SMILES string of the molecule is Cc1cc(C)n(C[C@H](C)CNC(=O)N2CCC[C@@H]2c2ccsc2)n1. The number of thiophene rings is 1. The van der Waals surface area contributed by atoms with E-state index in [1.807, 2.05) is 16.5 Å². The van der Waals surface area contributed by atoms with Crippen molar-refractivity contribution in [2.75, 3.05) is 13.1 Å². The van der Waals surface area contributed by atoms with Crippen LogP contribution in [0.25, 0.3) is 0 Å². The molecule has 0 aliphatic carbocycles. The number of aryl methyl sites for hydroxylation is 2. The first-order valence-corrected chi connectivity index (χ1v) is 9.56. The fourth-order valence-electron chi connectivity index (χ4n) is 3.40. The average Bonchev–Trinajstić information content (AvgIpc) is 3.25. The van der Waals surface area contributed by atoms with Crippen molar-refractivity contribution in [2.45, 2.75) is 46.2 Å². The molecule has 0 radical (unpaired) electrons. The molecule has 6 heteroatoms. The summed E-state index contributed by atoms with van der Waals surface area (Å²) in [6.45, 7) is 8.57. The average molecular weight is 346 g/mol. The first-order chi connectivity index (χ1) is 11.5. The van der Waals surface area contributed by atoms with Crippen LogP contribution in [-0.2, 0) is 6.54 Å². The Morgan fingerprint density at radius 2 is 2.33 bits per heavy atom.